The Labute approximate surface area is 431 Å². The molecule has 5 aromatic rings. The largest absolute Gasteiger partial charge is 1.00 e. The predicted octanol–water partition coefficient (Wildman–Crippen LogP) is -6.16. The molecule has 3 N–H and O–H groups in total. The molecule has 0 atom stereocenters. The van der Waals surface area contributed by atoms with Gasteiger partial charge in [-0.1, -0.05) is 6.07 Å². The molecule has 1 saturated heterocycles. The number of phenols is 1. The molecule has 0 radical (unpaired) electrons. The third kappa shape index (κ3) is 15.2. The number of nitrogens with one attached hydrogen (secondary N) is 2. The Hall–Kier alpha value is -2.21. The molecule has 63 heavy (non-hydrogen) atoms. The SMILES string of the molecule is O=C(Nc1cccc(S(=O)(=O)CCOSOO[O-])c1)c1ccc(N=Nc2c(SOO[O-])cc3cc(S(=O)(=O)[O-])c(Nc4nc(F)nc(N5CCOCC5)n4)cc3c2O)cc1.[Na+].[Na+].[Na+]. The van der Waals surface area contributed by atoms with Crippen LogP contribution >= 0.6 is 24.4 Å². The summed E-state index contributed by atoms with van der Waals surface area (Å²) in [5.74, 6) is -2.28. The number of halogens is 1. The van der Waals surface area contributed by atoms with Gasteiger partial charge in [0.2, 0.25) is 11.9 Å². The fourth-order valence-corrected chi connectivity index (χ4v) is 7.99. The molecule has 1 fully saturated rings. The van der Waals surface area contributed by atoms with Crippen LogP contribution in [0.3, 0.4) is 0 Å². The van der Waals surface area contributed by atoms with Crippen molar-refractivity contribution in [2.24, 2.45) is 10.2 Å². The molecule has 0 bridgehead atoms. The van der Waals surface area contributed by atoms with Crippen LogP contribution in [0.4, 0.5) is 39.0 Å². The number of aromatic hydroxyl groups is 1. The van der Waals surface area contributed by atoms with Crippen molar-refractivity contribution in [2.45, 2.75) is 14.7 Å². The normalized spacial score (nSPS) is 12.9. The molecule has 23 nitrogen and oxygen atoms in total. The topological polar surface area (TPSA) is 321 Å². The first-order valence-corrected chi connectivity index (χ1v) is 21.1. The zero-order chi connectivity index (χ0) is 42.9. The van der Waals surface area contributed by atoms with Crippen LogP contribution in [0.1, 0.15) is 10.4 Å². The molecular weight excluding hydrogens is 953 g/mol. The van der Waals surface area contributed by atoms with Crippen molar-refractivity contribution < 1.29 is 163 Å². The van der Waals surface area contributed by atoms with Gasteiger partial charge < -0.3 is 40.4 Å². The smallest absolute Gasteiger partial charge is 0.744 e. The first kappa shape index (κ1) is 55.1. The quantitative estimate of drug-likeness (QED) is 0.0140. The van der Waals surface area contributed by atoms with Crippen LogP contribution in [-0.2, 0) is 47.6 Å². The van der Waals surface area contributed by atoms with E-state index in [1.165, 1.54) is 54.6 Å². The molecule has 2 heterocycles. The summed E-state index contributed by atoms with van der Waals surface area (Å²) in [6, 6.07) is 14.1. The molecule has 6 rings (SSSR count). The number of ether oxygens (including phenoxy) is 1. The number of nitrogens with zero attached hydrogens (tertiary/aromatic N) is 6. The summed E-state index contributed by atoms with van der Waals surface area (Å²) in [5.41, 5.74) is -0.341. The minimum Gasteiger partial charge on any atom is -0.744 e. The van der Waals surface area contributed by atoms with Crippen LogP contribution in [0.5, 0.6) is 5.75 Å². The van der Waals surface area contributed by atoms with Gasteiger partial charge in [-0.25, -0.2) is 16.8 Å². The third-order valence-electron chi connectivity index (χ3n) is 8.09. The molecule has 31 heteroatoms. The summed E-state index contributed by atoms with van der Waals surface area (Å²) in [7, 11) is -9.10. The standard InChI is InChI=1S/C32H29FN8O15S4.3Na/c33-30-36-31(38-32(37-30)41-8-10-51-11-9-41)35-24-17-23-19(15-26(24)60(48,49)50)14-25(57-55-53-44)27(28(23)42)40-39-20-6-4-18(5-7-20)29(43)34-21-2-1-3-22(16-21)59(46,47)13-12-52-58-56-54-45;;;/h1-7,14-17,42,44-45H,8-13H2,(H,34,43)(H,48,49,50)(H,35,36,37,38);;;/q;3*+1/p-3. The Bertz CT molecular complexity index is 2630. The Morgan fingerprint density at radius 2 is 1.65 bits per heavy atom. The van der Waals surface area contributed by atoms with Crippen LogP contribution in [0.25, 0.3) is 10.8 Å². The van der Waals surface area contributed by atoms with E-state index in [1.54, 1.807) is 4.90 Å². The number of benzene rings is 4. The number of hydrogen-bond donors (Lipinski definition) is 3. The summed E-state index contributed by atoms with van der Waals surface area (Å²) in [6.45, 7) is 0.960. The van der Waals surface area contributed by atoms with Crippen molar-refractivity contribution in [3.63, 3.8) is 0 Å². The van der Waals surface area contributed by atoms with Gasteiger partial charge in [0, 0.05) is 29.7 Å². The van der Waals surface area contributed by atoms with Crippen molar-refractivity contribution >= 4 is 95.6 Å². The number of morpholine rings is 1. The van der Waals surface area contributed by atoms with E-state index in [2.05, 4.69) is 54.6 Å². The summed E-state index contributed by atoms with van der Waals surface area (Å²) < 4.78 is 95.4. The number of fused-ring (bicyclic) bond motifs is 1. The molecule has 1 aliphatic rings. The number of amides is 1. The van der Waals surface area contributed by atoms with Gasteiger partial charge in [-0.05, 0) is 66.0 Å². The van der Waals surface area contributed by atoms with Gasteiger partial charge in [0.1, 0.15) is 15.8 Å². The number of hydrogen-bond acceptors (Lipinski definition) is 24. The maximum absolute atomic E-state index is 14.5. The van der Waals surface area contributed by atoms with Crippen molar-refractivity contribution in [2.75, 3.05) is 54.2 Å². The van der Waals surface area contributed by atoms with E-state index in [0.717, 1.165) is 12.1 Å². The number of carbonyl (C=O) groups excluding carboxylic acids is 1. The molecule has 0 saturated carbocycles. The molecule has 1 amide bonds. The van der Waals surface area contributed by atoms with E-state index in [4.69, 9.17) is 8.92 Å². The maximum Gasteiger partial charge on any atom is 1.00 e. The molecule has 0 unspecified atom stereocenters. The number of sulfone groups is 1. The van der Waals surface area contributed by atoms with Crippen LogP contribution in [0.2, 0.25) is 0 Å². The summed E-state index contributed by atoms with van der Waals surface area (Å²) in [6.07, 6.45) is -1.21. The van der Waals surface area contributed by atoms with Gasteiger partial charge in [-0.3, -0.25) is 19.1 Å². The summed E-state index contributed by atoms with van der Waals surface area (Å²) in [5, 5.41) is 51.5. The average molecular weight is 979 g/mol. The van der Waals surface area contributed by atoms with E-state index >= 15 is 0 Å². The minimum absolute atomic E-state index is 0. The van der Waals surface area contributed by atoms with Crippen LogP contribution in [0, 0.1) is 6.08 Å². The Morgan fingerprint density at radius 1 is 0.937 bits per heavy atom. The molecule has 0 spiro atoms. The average Bonchev–Trinajstić information content (AvgIpc) is 3.22. The number of anilines is 4. The van der Waals surface area contributed by atoms with Gasteiger partial charge in [0.05, 0.1) is 63.7 Å². The number of azo groups is 1. The molecule has 1 aromatic heterocycles. The number of rotatable bonds is 18. The Balaban J connectivity index is 0.00000352. The Kier molecular flexibility index (Phi) is 22.4. The van der Waals surface area contributed by atoms with Gasteiger partial charge in [0.15, 0.2) is 27.9 Å². The van der Waals surface area contributed by atoms with Gasteiger partial charge in [-0.15, -0.1) is 9.45 Å². The van der Waals surface area contributed by atoms with Crippen molar-refractivity contribution in [1.82, 2.24) is 15.0 Å². The second-order valence-corrected chi connectivity index (χ2v) is 16.5. The monoisotopic (exact) mass is 978 g/mol. The fraction of sp³-hybridized carbons (Fsp3) is 0.188. The molecule has 0 aliphatic carbocycles. The predicted molar refractivity (Wildman–Crippen MR) is 200 cm³/mol. The van der Waals surface area contributed by atoms with Gasteiger partial charge in [-0.2, -0.15) is 28.8 Å². The van der Waals surface area contributed by atoms with E-state index < -0.39 is 60.0 Å². The van der Waals surface area contributed by atoms with Crippen LogP contribution < -0.4 is 115 Å². The van der Waals surface area contributed by atoms with Crippen molar-refractivity contribution in [3.8, 4) is 5.75 Å². The van der Waals surface area contributed by atoms with Gasteiger partial charge >= 0.3 is 94.8 Å². The molecule has 4 aromatic carbocycles. The van der Waals surface area contributed by atoms with E-state index in [9.17, 15) is 46.2 Å². The van der Waals surface area contributed by atoms with Crippen LogP contribution in [0.15, 0.2) is 91.6 Å². The zero-order valence-corrected chi connectivity index (χ0v) is 42.2. The van der Waals surface area contributed by atoms with E-state index in [0.29, 0.717) is 26.3 Å². The number of phenolic OH excluding ortho intramolecular Hbond substituents is 1. The third-order valence-corrected chi connectivity index (χ3v) is 11.6. The van der Waals surface area contributed by atoms with Crippen molar-refractivity contribution in [3.05, 3.63) is 78.4 Å². The first-order valence-electron chi connectivity index (χ1n) is 16.6. The molecule has 318 valence electrons. The minimum atomic E-state index is -5.24. The van der Waals surface area contributed by atoms with Crippen molar-refractivity contribution in [1.29, 1.82) is 0 Å². The van der Waals surface area contributed by atoms with E-state index in [1.807, 2.05) is 0 Å². The fourth-order valence-electron chi connectivity index (χ4n) is 5.39. The Morgan fingerprint density at radius 3 is 2.33 bits per heavy atom. The second kappa shape index (κ2) is 25.6. The zero-order valence-electron chi connectivity index (χ0n) is 33.0. The van der Waals surface area contributed by atoms with Gasteiger partial charge in [0.25, 0.3) is 5.91 Å². The number of aromatic nitrogens is 3. The summed E-state index contributed by atoms with van der Waals surface area (Å²) >= 11 is 0.437. The molecule has 1 aliphatic heterocycles. The van der Waals surface area contributed by atoms with Crippen LogP contribution in [-0.4, -0.2) is 86.0 Å². The maximum atomic E-state index is 14.5. The summed E-state index contributed by atoms with van der Waals surface area (Å²) in [4.78, 5) is 24.9. The first-order chi connectivity index (χ1) is 28.7. The second-order valence-electron chi connectivity index (χ2n) is 11.8. The molecular formula is C32H26FN8Na3O15S4. The van der Waals surface area contributed by atoms with E-state index in [-0.39, 0.29) is 169 Å². The number of carbonyl (C=O) groups is 1.